The molecule has 24 heavy (non-hydrogen) atoms. The number of hydrogen-bond acceptors (Lipinski definition) is 5. The summed E-state index contributed by atoms with van der Waals surface area (Å²) >= 11 is 0. The lowest BCUT2D eigenvalue weighted by Crippen LogP contribution is -2.61. The van der Waals surface area contributed by atoms with Crippen molar-refractivity contribution in [2.45, 2.75) is 31.4 Å². The van der Waals surface area contributed by atoms with E-state index in [9.17, 15) is 0 Å². The average molecular weight is 323 g/mol. The van der Waals surface area contributed by atoms with E-state index in [1.807, 2.05) is 24.5 Å². The van der Waals surface area contributed by atoms with Crippen molar-refractivity contribution >= 4 is 0 Å². The zero-order valence-electron chi connectivity index (χ0n) is 13.9. The van der Waals surface area contributed by atoms with Crippen LogP contribution in [-0.4, -0.2) is 40.8 Å². The van der Waals surface area contributed by atoms with Crippen LogP contribution in [-0.2, 0) is 6.42 Å². The van der Waals surface area contributed by atoms with Gasteiger partial charge in [-0.25, -0.2) is 9.97 Å². The first-order chi connectivity index (χ1) is 11.8. The first-order valence-corrected chi connectivity index (χ1v) is 8.69. The van der Waals surface area contributed by atoms with Gasteiger partial charge in [-0.1, -0.05) is 0 Å². The summed E-state index contributed by atoms with van der Waals surface area (Å²) in [4.78, 5) is 11.4. The van der Waals surface area contributed by atoms with Crippen LogP contribution in [0.5, 0.6) is 11.8 Å². The Bertz CT molecular complexity index is 769. The van der Waals surface area contributed by atoms with E-state index in [-0.39, 0.29) is 5.72 Å². The smallest absolute Gasteiger partial charge is 0.218 e. The third-order valence-corrected chi connectivity index (χ3v) is 5.76. The topological polar surface area (TPSA) is 47.5 Å². The Morgan fingerprint density at radius 2 is 2.00 bits per heavy atom. The van der Waals surface area contributed by atoms with E-state index < -0.39 is 0 Å². The molecule has 3 saturated heterocycles. The van der Waals surface area contributed by atoms with Crippen LogP contribution in [0.4, 0.5) is 0 Å². The van der Waals surface area contributed by atoms with Crippen LogP contribution in [0, 0.1) is 5.92 Å². The Hall–Kier alpha value is -2.14. The molecule has 4 aliphatic rings. The van der Waals surface area contributed by atoms with E-state index >= 15 is 0 Å². The largest absolute Gasteiger partial charge is 0.481 e. The minimum atomic E-state index is -0.132. The molecule has 4 aliphatic heterocycles. The number of nitrogens with zero attached hydrogens (tertiary/aromatic N) is 3. The summed E-state index contributed by atoms with van der Waals surface area (Å²) in [7, 11) is 1.63. The average Bonchev–Trinajstić information content (AvgIpc) is 2.99. The fraction of sp³-hybridized carbons (Fsp3) is 0.474. The number of ether oxygens (including phenoxy) is 2. The second-order valence-electron chi connectivity index (χ2n) is 7.14. The van der Waals surface area contributed by atoms with Crippen LogP contribution < -0.4 is 9.47 Å². The highest BCUT2D eigenvalue weighted by molar-refractivity contribution is 5.64. The minimum absolute atomic E-state index is 0.132. The monoisotopic (exact) mass is 323 g/mol. The van der Waals surface area contributed by atoms with Crippen LogP contribution in [0.25, 0.3) is 11.1 Å². The minimum Gasteiger partial charge on any atom is -0.481 e. The van der Waals surface area contributed by atoms with Gasteiger partial charge in [0.1, 0.15) is 0 Å². The molecule has 1 unspecified atom stereocenters. The van der Waals surface area contributed by atoms with Crippen LogP contribution >= 0.6 is 0 Å². The van der Waals surface area contributed by atoms with Crippen molar-refractivity contribution < 1.29 is 9.47 Å². The molecule has 5 heteroatoms. The van der Waals surface area contributed by atoms with E-state index in [1.165, 1.54) is 18.4 Å². The molecule has 1 atom stereocenters. The van der Waals surface area contributed by atoms with Gasteiger partial charge in [0.05, 0.1) is 7.11 Å². The van der Waals surface area contributed by atoms with Gasteiger partial charge in [-0.3, -0.25) is 4.90 Å². The summed E-state index contributed by atoms with van der Waals surface area (Å²) in [5, 5.41) is 0. The summed E-state index contributed by atoms with van der Waals surface area (Å²) in [6, 6.07) is 6.11. The number of aromatic nitrogens is 2. The van der Waals surface area contributed by atoms with Crippen LogP contribution in [0.3, 0.4) is 0 Å². The Kier molecular flexibility index (Phi) is 3.07. The molecule has 2 bridgehead atoms. The molecule has 0 amide bonds. The Morgan fingerprint density at radius 3 is 2.67 bits per heavy atom. The van der Waals surface area contributed by atoms with Crippen molar-refractivity contribution in [1.82, 2.24) is 14.9 Å². The number of pyridine rings is 2. The molecule has 5 nitrogen and oxygen atoms in total. The van der Waals surface area contributed by atoms with E-state index in [0.29, 0.717) is 5.88 Å². The molecule has 0 N–H and O–H groups in total. The van der Waals surface area contributed by atoms with Crippen molar-refractivity contribution in [2.24, 2.45) is 5.92 Å². The Balaban J connectivity index is 1.45. The van der Waals surface area contributed by atoms with Gasteiger partial charge >= 0.3 is 0 Å². The zero-order valence-corrected chi connectivity index (χ0v) is 13.9. The molecule has 6 rings (SSSR count). The predicted molar refractivity (Wildman–Crippen MR) is 90.0 cm³/mol. The third-order valence-electron chi connectivity index (χ3n) is 5.76. The molecule has 0 saturated carbocycles. The first-order valence-electron chi connectivity index (χ1n) is 8.69. The van der Waals surface area contributed by atoms with Gasteiger partial charge in [0, 0.05) is 61.1 Å². The normalized spacial score (nSPS) is 30.2. The van der Waals surface area contributed by atoms with Crippen molar-refractivity contribution in [3.05, 3.63) is 36.2 Å². The molecule has 0 radical (unpaired) electrons. The molecule has 0 aromatic carbocycles. The number of rotatable bonds is 2. The molecule has 6 heterocycles. The van der Waals surface area contributed by atoms with Gasteiger partial charge in [0.25, 0.3) is 0 Å². The molecule has 3 fully saturated rings. The van der Waals surface area contributed by atoms with Gasteiger partial charge in [-0.15, -0.1) is 0 Å². The van der Waals surface area contributed by atoms with E-state index in [1.54, 1.807) is 7.11 Å². The van der Waals surface area contributed by atoms with Gasteiger partial charge in [0.15, 0.2) is 5.72 Å². The Morgan fingerprint density at radius 1 is 1.17 bits per heavy atom. The van der Waals surface area contributed by atoms with Crippen LogP contribution in [0.2, 0.25) is 0 Å². The lowest BCUT2D eigenvalue weighted by atomic mass is 9.79. The third kappa shape index (κ3) is 2.11. The summed E-state index contributed by atoms with van der Waals surface area (Å²) in [6.45, 7) is 2.32. The Labute approximate surface area is 141 Å². The summed E-state index contributed by atoms with van der Waals surface area (Å²) in [5.41, 5.74) is 3.22. The molecule has 2 aromatic heterocycles. The van der Waals surface area contributed by atoms with Crippen molar-refractivity contribution in [3.8, 4) is 22.9 Å². The fourth-order valence-electron chi connectivity index (χ4n) is 4.47. The predicted octanol–water partition coefficient (Wildman–Crippen LogP) is 2.90. The highest BCUT2D eigenvalue weighted by atomic mass is 16.5. The van der Waals surface area contributed by atoms with Crippen molar-refractivity contribution in [2.75, 3.05) is 20.2 Å². The zero-order chi connectivity index (χ0) is 16.1. The molecule has 2 aromatic rings. The summed E-state index contributed by atoms with van der Waals surface area (Å²) in [5.74, 6) is 2.25. The standard InChI is InChI=1S/C19H21N3O2/c1-23-17-3-2-14(11-20-17)16-8-15-10-19(24-18(15)21-12-16)9-13-4-6-22(19)7-5-13/h2-3,8,11-13H,4-7,9-10H2,1H3. The highest BCUT2D eigenvalue weighted by Gasteiger charge is 2.51. The van der Waals surface area contributed by atoms with E-state index in [4.69, 9.17) is 9.47 Å². The molecule has 124 valence electrons. The summed E-state index contributed by atoms with van der Waals surface area (Å²) in [6.07, 6.45) is 8.44. The number of hydrogen-bond donors (Lipinski definition) is 0. The van der Waals surface area contributed by atoms with E-state index in [2.05, 4.69) is 20.9 Å². The van der Waals surface area contributed by atoms with Gasteiger partial charge in [-0.2, -0.15) is 0 Å². The van der Waals surface area contributed by atoms with Gasteiger partial charge in [0.2, 0.25) is 11.8 Å². The quantitative estimate of drug-likeness (QED) is 0.850. The highest BCUT2D eigenvalue weighted by Crippen LogP contribution is 2.47. The van der Waals surface area contributed by atoms with Crippen LogP contribution in [0.15, 0.2) is 30.6 Å². The maximum Gasteiger partial charge on any atom is 0.218 e. The van der Waals surface area contributed by atoms with Crippen molar-refractivity contribution in [3.63, 3.8) is 0 Å². The number of piperidine rings is 3. The lowest BCUT2D eigenvalue weighted by molar-refractivity contribution is -0.142. The fourth-order valence-corrected chi connectivity index (χ4v) is 4.47. The number of fused-ring (bicyclic) bond motifs is 3. The van der Waals surface area contributed by atoms with E-state index in [0.717, 1.165) is 48.9 Å². The second kappa shape index (κ2) is 5.18. The molecule has 0 aliphatic carbocycles. The maximum atomic E-state index is 6.38. The van der Waals surface area contributed by atoms with Gasteiger partial charge < -0.3 is 9.47 Å². The summed E-state index contributed by atoms with van der Waals surface area (Å²) < 4.78 is 11.5. The first kappa shape index (κ1) is 14.2. The molecule has 1 spiro atoms. The van der Waals surface area contributed by atoms with Gasteiger partial charge in [-0.05, 0) is 30.9 Å². The van der Waals surface area contributed by atoms with Crippen molar-refractivity contribution in [1.29, 1.82) is 0 Å². The SMILES string of the molecule is COc1ccc(-c2cnc3c(c2)CC2(CC4CCN2CC4)O3)cn1. The van der Waals surface area contributed by atoms with Crippen LogP contribution in [0.1, 0.15) is 24.8 Å². The molecular formula is C19H21N3O2. The maximum absolute atomic E-state index is 6.38. The second-order valence-corrected chi connectivity index (χ2v) is 7.14. The number of methoxy groups -OCH3 is 1. The lowest BCUT2D eigenvalue weighted by Gasteiger charge is -2.51. The molecular weight excluding hydrogens is 302 g/mol.